The number of rotatable bonds is 4. The van der Waals surface area contributed by atoms with Gasteiger partial charge in [-0.3, -0.25) is 0 Å². The van der Waals surface area contributed by atoms with Gasteiger partial charge in [0.1, 0.15) is 0 Å². The normalized spacial score (nSPS) is 10.3. The zero-order valence-electron chi connectivity index (χ0n) is 10.2. The Balaban J connectivity index is 2.19. The van der Waals surface area contributed by atoms with Crippen molar-refractivity contribution in [2.45, 2.75) is 6.54 Å². The van der Waals surface area contributed by atoms with Crippen LogP contribution in [0.3, 0.4) is 0 Å². The number of para-hydroxylation sites is 1. The summed E-state index contributed by atoms with van der Waals surface area (Å²) in [7, 11) is 0. The van der Waals surface area contributed by atoms with Crippen molar-refractivity contribution in [2.75, 3.05) is 5.32 Å². The molecule has 0 heterocycles. The van der Waals surface area contributed by atoms with Crippen LogP contribution in [0.1, 0.15) is 15.9 Å². The molecule has 0 radical (unpaired) electrons. The van der Waals surface area contributed by atoms with E-state index in [-0.39, 0.29) is 17.7 Å². The van der Waals surface area contributed by atoms with Crippen LogP contribution in [0.25, 0.3) is 0 Å². The molecule has 0 unspecified atom stereocenters. The smallest absolute Gasteiger partial charge is 0.337 e. The van der Waals surface area contributed by atoms with E-state index in [0.717, 1.165) is 12.1 Å². The third-order valence-corrected chi connectivity index (χ3v) is 2.68. The Bertz CT molecular complexity index is 636. The van der Waals surface area contributed by atoms with Crippen LogP contribution in [0, 0.1) is 17.5 Å². The molecule has 2 aromatic rings. The van der Waals surface area contributed by atoms with Gasteiger partial charge in [0.05, 0.1) is 5.56 Å². The Morgan fingerprint density at radius 3 is 2.30 bits per heavy atom. The van der Waals surface area contributed by atoms with Crippen molar-refractivity contribution in [3.63, 3.8) is 0 Å². The number of hydrogen-bond acceptors (Lipinski definition) is 2. The third kappa shape index (κ3) is 2.90. The highest BCUT2D eigenvalue weighted by Crippen LogP contribution is 2.18. The number of halogens is 3. The molecule has 0 bridgehead atoms. The lowest BCUT2D eigenvalue weighted by atomic mass is 10.1. The lowest BCUT2D eigenvalue weighted by Gasteiger charge is -2.10. The van der Waals surface area contributed by atoms with Crippen LogP contribution in [-0.4, -0.2) is 11.1 Å². The second-order valence-electron chi connectivity index (χ2n) is 4.08. The quantitative estimate of drug-likeness (QED) is 0.844. The summed E-state index contributed by atoms with van der Waals surface area (Å²) >= 11 is 0. The molecule has 0 aliphatic heterocycles. The van der Waals surface area contributed by atoms with Gasteiger partial charge in [-0.1, -0.05) is 12.1 Å². The van der Waals surface area contributed by atoms with Gasteiger partial charge in [-0.25, -0.2) is 18.0 Å². The number of hydrogen-bond donors (Lipinski definition) is 2. The molecule has 0 aliphatic rings. The van der Waals surface area contributed by atoms with Crippen molar-refractivity contribution in [2.24, 2.45) is 0 Å². The molecule has 0 amide bonds. The number of carboxylic acids is 1. The zero-order valence-corrected chi connectivity index (χ0v) is 10.2. The summed E-state index contributed by atoms with van der Waals surface area (Å²) in [6, 6.07) is 7.83. The highest BCUT2D eigenvalue weighted by molar-refractivity contribution is 5.94. The molecule has 2 rings (SSSR count). The summed E-state index contributed by atoms with van der Waals surface area (Å²) in [6.07, 6.45) is 0. The van der Waals surface area contributed by atoms with Crippen molar-refractivity contribution in [1.82, 2.24) is 0 Å². The number of anilines is 1. The number of nitrogens with one attached hydrogen (secondary N) is 1. The van der Waals surface area contributed by atoms with Crippen LogP contribution in [0.2, 0.25) is 0 Å². The van der Waals surface area contributed by atoms with Gasteiger partial charge in [0.25, 0.3) is 0 Å². The van der Waals surface area contributed by atoms with Gasteiger partial charge in [-0.2, -0.15) is 0 Å². The molecule has 2 N–H and O–H groups in total. The Morgan fingerprint density at radius 1 is 1.10 bits per heavy atom. The van der Waals surface area contributed by atoms with E-state index < -0.39 is 23.4 Å². The van der Waals surface area contributed by atoms with Gasteiger partial charge in [0.2, 0.25) is 0 Å². The van der Waals surface area contributed by atoms with Crippen LogP contribution < -0.4 is 5.32 Å². The summed E-state index contributed by atoms with van der Waals surface area (Å²) in [4.78, 5) is 11.0. The standard InChI is InChI=1S/C14H10F3NO2/c15-10-5-8(6-11(16)13(10)17)7-18-12-4-2-1-3-9(12)14(19)20/h1-6,18H,7H2,(H,19,20). The van der Waals surface area contributed by atoms with Gasteiger partial charge in [0, 0.05) is 12.2 Å². The lowest BCUT2D eigenvalue weighted by Crippen LogP contribution is -2.07. The van der Waals surface area contributed by atoms with E-state index in [1.54, 1.807) is 12.1 Å². The van der Waals surface area contributed by atoms with E-state index in [1.165, 1.54) is 12.1 Å². The van der Waals surface area contributed by atoms with E-state index in [0.29, 0.717) is 5.69 Å². The molecule has 0 aliphatic carbocycles. The van der Waals surface area contributed by atoms with Crippen LogP contribution in [-0.2, 0) is 6.54 Å². The van der Waals surface area contributed by atoms with Crippen LogP contribution >= 0.6 is 0 Å². The van der Waals surface area contributed by atoms with Gasteiger partial charge in [-0.05, 0) is 29.8 Å². The molecule has 104 valence electrons. The number of benzene rings is 2. The predicted octanol–water partition coefficient (Wildman–Crippen LogP) is 3.41. The molecule has 6 heteroatoms. The number of carboxylic acid groups (broad SMARTS) is 1. The zero-order chi connectivity index (χ0) is 14.7. The van der Waals surface area contributed by atoms with E-state index in [2.05, 4.69) is 5.32 Å². The van der Waals surface area contributed by atoms with Crippen molar-refractivity contribution in [3.05, 3.63) is 65.0 Å². The number of aromatic carboxylic acids is 1. The average Bonchev–Trinajstić information content (AvgIpc) is 2.42. The molecule has 3 nitrogen and oxygen atoms in total. The second-order valence-corrected chi connectivity index (χ2v) is 4.08. The minimum absolute atomic E-state index is 0.0294. The highest BCUT2D eigenvalue weighted by Gasteiger charge is 2.12. The Hall–Kier alpha value is -2.50. The SMILES string of the molecule is O=C(O)c1ccccc1NCc1cc(F)c(F)c(F)c1. The van der Waals surface area contributed by atoms with Crippen LogP contribution in [0.4, 0.5) is 18.9 Å². The first-order valence-corrected chi connectivity index (χ1v) is 5.68. The maximum Gasteiger partial charge on any atom is 0.337 e. The monoisotopic (exact) mass is 281 g/mol. The maximum atomic E-state index is 13.0. The Kier molecular flexibility index (Phi) is 3.93. The van der Waals surface area contributed by atoms with Gasteiger partial charge >= 0.3 is 5.97 Å². The fourth-order valence-corrected chi connectivity index (χ4v) is 1.73. The molecule has 0 saturated heterocycles. The van der Waals surface area contributed by atoms with Gasteiger partial charge in [-0.15, -0.1) is 0 Å². The number of carbonyl (C=O) groups is 1. The van der Waals surface area contributed by atoms with E-state index in [4.69, 9.17) is 5.11 Å². The molecule has 2 aromatic carbocycles. The minimum Gasteiger partial charge on any atom is -0.478 e. The first-order chi connectivity index (χ1) is 9.49. The van der Waals surface area contributed by atoms with E-state index in [9.17, 15) is 18.0 Å². The topological polar surface area (TPSA) is 49.3 Å². The molecule has 0 fully saturated rings. The molecule has 0 aromatic heterocycles. The minimum atomic E-state index is -1.53. The fourth-order valence-electron chi connectivity index (χ4n) is 1.73. The molecule has 20 heavy (non-hydrogen) atoms. The van der Waals surface area contributed by atoms with E-state index in [1.807, 2.05) is 0 Å². The Morgan fingerprint density at radius 2 is 1.70 bits per heavy atom. The predicted molar refractivity (Wildman–Crippen MR) is 67.0 cm³/mol. The summed E-state index contributed by atoms with van der Waals surface area (Å²) in [5.41, 5.74) is 0.516. The van der Waals surface area contributed by atoms with Crippen molar-refractivity contribution >= 4 is 11.7 Å². The van der Waals surface area contributed by atoms with Gasteiger partial charge < -0.3 is 10.4 Å². The summed E-state index contributed by atoms with van der Waals surface area (Å²) < 4.78 is 38.9. The maximum absolute atomic E-state index is 13.0. The summed E-state index contributed by atoms with van der Waals surface area (Å²) in [6.45, 7) is -0.0294. The summed E-state index contributed by atoms with van der Waals surface area (Å²) in [5.74, 6) is -5.22. The van der Waals surface area contributed by atoms with Crippen LogP contribution in [0.15, 0.2) is 36.4 Å². The first-order valence-electron chi connectivity index (χ1n) is 5.68. The van der Waals surface area contributed by atoms with Gasteiger partial charge in [0.15, 0.2) is 17.5 Å². The van der Waals surface area contributed by atoms with E-state index >= 15 is 0 Å². The van der Waals surface area contributed by atoms with Crippen LogP contribution in [0.5, 0.6) is 0 Å². The molecule has 0 atom stereocenters. The molecule has 0 saturated carbocycles. The second kappa shape index (κ2) is 5.64. The Labute approximate surface area is 112 Å². The fraction of sp³-hybridized carbons (Fsp3) is 0.0714. The molecular weight excluding hydrogens is 271 g/mol. The third-order valence-electron chi connectivity index (χ3n) is 2.68. The summed E-state index contributed by atoms with van der Waals surface area (Å²) in [5, 5.41) is 11.7. The lowest BCUT2D eigenvalue weighted by molar-refractivity contribution is 0.0698. The molecular formula is C14H10F3NO2. The largest absolute Gasteiger partial charge is 0.478 e. The highest BCUT2D eigenvalue weighted by atomic mass is 19.2. The van der Waals surface area contributed by atoms with Crippen molar-refractivity contribution in [3.8, 4) is 0 Å². The molecule has 0 spiro atoms. The first kappa shape index (κ1) is 13.9. The van der Waals surface area contributed by atoms with Crippen molar-refractivity contribution in [1.29, 1.82) is 0 Å². The average molecular weight is 281 g/mol. The van der Waals surface area contributed by atoms with Crippen molar-refractivity contribution < 1.29 is 23.1 Å².